The molecule has 1 amide bonds. The zero-order valence-electron chi connectivity index (χ0n) is 15.2. The number of aliphatic carboxylic acids is 1. The highest BCUT2D eigenvalue weighted by Crippen LogP contribution is 2.27. The summed E-state index contributed by atoms with van der Waals surface area (Å²) in [6.07, 6.45) is 5.42. The van der Waals surface area contributed by atoms with Gasteiger partial charge in [-0.15, -0.1) is 0 Å². The number of hydrogen-bond donors (Lipinski definition) is 1. The Bertz CT molecular complexity index is 783. The summed E-state index contributed by atoms with van der Waals surface area (Å²) >= 11 is 0. The van der Waals surface area contributed by atoms with Gasteiger partial charge in [-0.3, -0.25) is 9.59 Å². The van der Waals surface area contributed by atoms with Gasteiger partial charge in [0.05, 0.1) is 12.2 Å². The fourth-order valence-electron chi connectivity index (χ4n) is 3.80. The molecule has 1 unspecified atom stereocenters. The second-order valence-electron chi connectivity index (χ2n) is 6.83. The van der Waals surface area contributed by atoms with Gasteiger partial charge in [0.2, 0.25) is 0 Å². The second-order valence-corrected chi connectivity index (χ2v) is 6.83. The van der Waals surface area contributed by atoms with E-state index in [4.69, 9.17) is 9.84 Å². The number of carbonyl (C=O) groups is 2. The molecule has 0 spiro atoms. The predicted octanol–water partition coefficient (Wildman–Crippen LogP) is 3.15. The summed E-state index contributed by atoms with van der Waals surface area (Å²) in [4.78, 5) is 26.1. The first-order valence-electron chi connectivity index (χ1n) is 9.21. The Labute approximate surface area is 153 Å². The van der Waals surface area contributed by atoms with Crippen LogP contribution in [0.25, 0.3) is 10.9 Å². The highest BCUT2D eigenvalue weighted by Gasteiger charge is 2.29. The van der Waals surface area contributed by atoms with Crippen molar-refractivity contribution in [3.05, 3.63) is 36.0 Å². The third kappa shape index (κ3) is 3.90. The van der Waals surface area contributed by atoms with E-state index in [0.717, 1.165) is 30.2 Å². The maximum Gasteiger partial charge on any atom is 0.303 e. The largest absolute Gasteiger partial charge is 0.481 e. The van der Waals surface area contributed by atoms with Gasteiger partial charge in [0, 0.05) is 49.8 Å². The normalized spacial score (nSPS) is 17.6. The first-order chi connectivity index (χ1) is 12.6. The zero-order chi connectivity index (χ0) is 18.5. The Kier molecular flexibility index (Phi) is 5.93. The van der Waals surface area contributed by atoms with Crippen LogP contribution in [0.4, 0.5) is 0 Å². The average Bonchev–Trinajstić information content (AvgIpc) is 3.03. The summed E-state index contributed by atoms with van der Waals surface area (Å²) < 4.78 is 7.24. The van der Waals surface area contributed by atoms with E-state index in [2.05, 4.69) is 4.57 Å². The minimum atomic E-state index is -0.806. The number of methoxy groups -OCH3 is 1. The SMILES string of the molecule is COCCn1cc(C(=O)N2CCCCC2CCC(=O)O)c2ccccc21. The van der Waals surface area contributed by atoms with Crippen LogP contribution < -0.4 is 0 Å². The van der Waals surface area contributed by atoms with Crippen LogP contribution in [0.5, 0.6) is 0 Å². The van der Waals surface area contributed by atoms with Gasteiger partial charge in [-0.2, -0.15) is 0 Å². The number of hydrogen-bond acceptors (Lipinski definition) is 3. The topological polar surface area (TPSA) is 71.8 Å². The molecule has 1 atom stereocenters. The van der Waals surface area contributed by atoms with E-state index in [9.17, 15) is 9.59 Å². The maximum atomic E-state index is 13.3. The van der Waals surface area contributed by atoms with Crippen LogP contribution in [0.3, 0.4) is 0 Å². The van der Waals surface area contributed by atoms with Crippen LogP contribution in [0.2, 0.25) is 0 Å². The van der Waals surface area contributed by atoms with Gasteiger partial charge in [-0.05, 0) is 31.7 Å². The van der Waals surface area contributed by atoms with E-state index in [1.54, 1.807) is 7.11 Å². The fourth-order valence-corrected chi connectivity index (χ4v) is 3.80. The Morgan fingerprint density at radius 2 is 2.08 bits per heavy atom. The molecule has 1 aromatic carbocycles. The molecule has 140 valence electrons. The number of rotatable bonds is 7. The number of para-hydroxylation sites is 1. The molecule has 1 aliphatic rings. The van der Waals surface area contributed by atoms with Crippen LogP contribution >= 0.6 is 0 Å². The first kappa shape index (κ1) is 18.5. The number of benzene rings is 1. The summed E-state index contributed by atoms with van der Waals surface area (Å²) in [7, 11) is 1.67. The van der Waals surface area contributed by atoms with E-state index in [0.29, 0.717) is 31.7 Å². The number of nitrogens with zero attached hydrogens (tertiary/aromatic N) is 2. The second kappa shape index (κ2) is 8.36. The summed E-state index contributed by atoms with van der Waals surface area (Å²) in [6.45, 7) is 1.96. The van der Waals surface area contributed by atoms with Gasteiger partial charge in [-0.1, -0.05) is 18.2 Å². The van der Waals surface area contributed by atoms with Gasteiger partial charge >= 0.3 is 5.97 Å². The standard InChI is InChI=1S/C20H26N2O4/c1-26-13-12-21-14-17(16-7-2-3-8-18(16)21)20(25)22-11-5-4-6-15(22)9-10-19(23)24/h2-3,7-8,14-15H,4-6,9-13H2,1H3,(H,23,24). The number of ether oxygens (including phenoxy) is 1. The Hall–Kier alpha value is -2.34. The minimum Gasteiger partial charge on any atom is -0.481 e. The van der Waals surface area contributed by atoms with Crippen molar-refractivity contribution in [1.29, 1.82) is 0 Å². The Morgan fingerprint density at radius 1 is 1.27 bits per heavy atom. The summed E-state index contributed by atoms with van der Waals surface area (Å²) in [5, 5.41) is 9.94. The summed E-state index contributed by atoms with van der Waals surface area (Å²) in [6, 6.07) is 7.91. The summed E-state index contributed by atoms with van der Waals surface area (Å²) in [5.74, 6) is -0.799. The fraction of sp³-hybridized carbons (Fsp3) is 0.500. The minimum absolute atomic E-state index is 0.00690. The monoisotopic (exact) mass is 358 g/mol. The van der Waals surface area contributed by atoms with Gasteiger partial charge < -0.3 is 19.3 Å². The van der Waals surface area contributed by atoms with E-state index >= 15 is 0 Å². The quantitative estimate of drug-likeness (QED) is 0.825. The van der Waals surface area contributed by atoms with Crippen molar-refractivity contribution >= 4 is 22.8 Å². The van der Waals surface area contributed by atoms with Crippen LogP contribution in [0.15, 0.2) is 30.5 Å². The van der Waals surface area contributed by atoms with Crippen molar-refractivity contribution in [3.8, 4) is 0 Å². The van der Waals surface area contributed by atoms with Crippen molar-refractivity contribution in [2.45, 2.75) is 44.7 Å². The first-order valence-corrected chi connectivity index (χ1v) is 9.21. The van der Waals surface area contributed by atoms with Crippen LogP contribution in [-0.4, -0.2) is 52.8 Å². The molecule has 2 aromatic rings. The Morgan fingerprint density at radius 3 is 2.85 bits per heavy atom. The van der Waals surface area contributed by atoms with E-state index in [-0.39, 0.29) is 18.4 Å². The molecule has 26 heavy (non-hydrogen) atoms. The van der Waals surface area contributed by atoms with Gasteiger partial charge in [-0.25, -0.2) is 0 Å². The molecular weight excluding hydrogens is 332 g/mol. The molecule has 0 saturated carbocycles. The maximum absolute atomic E-state index is 13.3. The van der Waals surface area contributed by atoms with Crippen molar-refractivity contribution in [2.24, 2.45) is 0 Å². The molecular formula is C20H26N2O4. The number of amides is 1. The lowest BCUT2D eigenvalue weighted by atomic mass is 9.97. The molecule has 0 aliphatic carbocycles. The van der Waals surface area contributed by atoms with E-state index in [1.165, 1.54) is 0 Å². The van der Waals surface area contributed by atoms with Crippen LogP contribution in [-0.2, 0) is 16.1 Å². The lowest BCUT2D eigenvalue weighted by molar-refractivity contribution is -0.137. The van der Waals surface area contributed by atoms with Gasteiger partial charge in [0.15, 0.2) is 0 Å². The zero-order valence-corrected chi connectivity index (χ0v) is 15.2. The number of fused-ring (bicyclic) bond motifs is 1. The number of carbonyl (C=O) groups excluding carboxylic acids is 1. The van der Waals surface area contributed by atoms with Gasteiger partial charge in [0.25, 0.3) is 5.91 Å². The Balaban J connectivity index is 1.89. The molecule has 0 radical (unpaired) electrons. The average molecular weight is 358 g/mol. The third-order valence-corrected chi connectivity index (χ3v) is 5.13. The molecule has 1 aliphatic heterocycles. The van der Waals surface area contributed by atoms with E-state index < -0.39 is 5.97 Å². The highest BCUT2D eigenvalue weighted by atomic mass is 16.5. The lowest BCUT2D eigenvalue weighted by Crippen LogP contribution is -2.43. The number of carboxylic acids is 1. The van der Waals surface area contributed by atoms with Crippen LogP contribution in [0, 0.1) is 0 Å². The van der Waals surface area contributed by atoms with Crippen molar-refractivity contribution in [1.82, 2.24) is 9.47 Å². The molecule has 1 saturated heterocycles. The molecule has 6 nitrogen and oxygen atoms in total. The third-order valence-electron chi connectivity index (χ3n) is 5.13. The summed E-state index contributed by atoms with van der Waals surface area (Å²) in [5.41, 5.74) is 1.71. The predicted molar refractivity (Wildman–Crippen MR) is 99.4 cm³/mol. The van der Waals surface area contributed by atoms with Crippen molar-refractivity contribution in [3.63, 3.8) is 0 Å². The molecule has 2 heterocycles. The molecule has 0 bridgehead atoms. The number of likely N-dealkylation sites (tertiary alicyclic amines) is 1. The molecule has 3 rings (SSSR count). The van der Waals surface area contributed by atoms with Crippen molar-refractivity contribution < 1.29 is 19.4 Å². The number of aromatic nitrogens is 1. The van der Waals surface area contributed by atoms with Crippen LogP contribution in [0.1, 0.15) is 42.5 Å². The smallest absolute Gasteiger partial charge is 0.303 e. The number of carboxylic acid groups (broad SMARTS) is 1. The molecule has 1 N–H and O–H groups in total. The molecule has 1 fully saturated rings. The van der Waals surface area contributed by atoms with Gasteiger partial charge in [0.1, 0.15) is 0 Å². The van der Waals surface area contributed by atoms with E-state index in [1.807, 2.05) is 35.4 Å². The molecule has 1 aromatic heterocycles. The highest BCUT2D eigenvalue weighted by molar-refractivity contribution is 6.07. The lowest BCUT2D eigenvalue weighted by Gasteiger charge is -2.35. The van der Waals surface area contributed by atoms with Crippen molar-refractivity contribution in [2.75, 3.05) is 20.3 Å². The number of piperidine rings is 1. The molecule has 6 heteroatoms.